The van der Waals surface area contributed by atoms with Crippen molar-refractivity contribution in [2.75, 3.05) is 13.2 Å². The van der Waals surface area contributed by atoms with Crippen molar-refractivity contribution in [3.63, 3.8) is 0 Å². The molecule has 1 aliphatic rings. The van der Waals surface area contributed by atoms with Crippen molar-refractivity contribution >= 4 is 28.4 Å². The van der Waals surface area contributed by atoms with E-state index in [1.54, 1.807) is 0 Å². The maximum absolute atomic E-state index is 12.7. The maximum atomic E-state index is 12.7. The van der Waals surface area contributed by atoms with Gasteiger partial charge in [0, 0.05) is 34.1 Å². The van der Waals surface area contributed by atoms with Gasteiger partial charge in [0.15, 0.2) is 0 Å². The van der Waals surface area contributed by atoms with Crippen molar-refractivity contribution in [1.29, 1.82) is 0 Å². The Morgan fingerprint density at radius 3 is 2.84 bits per heavy atom. The molecule has 5 heteroatoms. The highest BCUT2D eigenvalue weighted by Crippen LogP contribution is 2.32. The highest BCUT2D eigenvalue weighted by molar-refractivity contribution is 6.30. The average molecular weight is 435 g/mol. The molecule has 0 aliphatic heterocycles. The summed E-state index contributed by atoms with van der Waals surface area (Å²) in [5.41, 5.74) is 4.57. The first-order valence-electron chi connectivity index (χ1n) is 10.9. The van der Waals surface area contributed by atoms with E-state index in [4.69, 9.17) is 21.3 Å². The van der Waals surface area contributed by atoms with Gasteiger partial charge >= 0.3 is 0 Å². The molecule has 1 amide bonds. The fraction of sp³-hybridized carbons (Fsp3) is 0.308. The molecule has 2 aromatic carbocycles. The van der Waals surface area contributed by atoms with E-state index in [0.717, 1.165) is 35.0 Å². The predicted octanol–water partition coefficient (Wildman–Crippen LogP) is 6.57. The highest BCUT2D eigenvalue weighted by atomic mass is 35.5. The number of benzene rings is 2. The molecule has 1 aromatic heterocycles. The molecular formula is C26H27ClN2O2. The van der Waals surface area contributed by atoms with Crippen molar-refractivity contribution in [2.24, 2.45) is 0 Å². The number of nitrogens with one attached hydrogen (secondary N) is 1. The molecule has 4 nitrogen and oxygen atoms in total. The molecule has 31 heavy (non-hydrogen) atoms. The average Bonchev–Trinajstić information content (AvgIpc) is 2.79. The van der Waals surface area contributed by atoms with Gasteiger partial charge in [-0.25, -0.2) is 4.98 Å². The van der Waals surface area contributed by atoms with Crippen LogP contribution in [0.1, 0.15) is 49.4 Å². The Balaban J connectivity index is 1.57. The number of fused-ring (bicyclic) bond motifs is 1. The summed E-state index contributed by atoms with van der Waals surface area (Å²) < 4.78 is 5.89. The van der Waals surface area contributed by atoms with Gasteiger partial charge in [0.05, 0.1) is 17.8 Å². The third-order valence-electron chi connectivity index (χ3n) is 5.57. The summed E-state index contributed by atoms with van der Waals surface area (Å²) in [6.07, 6.45) is 8.11. The van der Waals surface area contributed by atoms with Gasteiger partial charge in [-0.05, 0) is 69.4 Å². The highest BCUT2D eigenvalue weighted by Gasteiger charge is 2.13. The second-order valence-electron chi connectivity index (χ2n) is 7.79. The number of allylic oxidation sites excluding steroid dienone is 1. The van der Waals surface area contributed by atoms with Crippen LogP contribution in [0.5, 0.6) is 5.75 Å². The lowest BCUT2D eigenvalue weighted by Gasteiger charge is -2.14. The SMILES string of the molecule is CCOc1cc(-c2cccc(Cl)c2)nc2ccc(C(=O)NCCC3=CCCCC3)cc12. The molecule has 0 unspecified atom stereocenters. The standard InChI is InChI=1S/C26H27ClN2O2/c1-2-31-25-17-24(19-9-6-10-21(27)15-19)29-23-12-11-20(16-22(23)25)26(30)28-14-13-18-7-4-3-5-8-18/h6-7,9-12,15-17H,2-5,8,13-14H2,1H3,(H,28,30). The van der Waals surface area contributed by atoms with E-state index in [2.05, 4.69) is 11.4 Å². The molecule has 4 rings (SSSR count). The minimum atomic E-state index is -0.0697. The van der Waals surface area contributed by atoms with Gasteiger partial charge < -0.3 is 10.1 Å². The largest absolute Gasteiger partial charge is 0.493 e. The number of rotatable bonds is 7. The number of ether oxygens (including phenoxy) is 1. The number of hydrogen-bond acceptors (Lipinski definition) is 3. The quantitative estimate of drug-likeness (QED) is 0.427. The van der Waals surface area contributed by atoms with Crippen molar-refractivity contribution in [2.45, 2.75) is 39.0 Å². The molecule has 160 valence electrons. The number of carbonyl (C=O) groups is 1. The van der Waals surface area contributed by atoms with Crippen LogP contribution in [0.15, 0.2) is 60.2 Å². The molecule has 0 atom stereocenters. The lowest BCUT2D eigenvalue weighted by atomic mass is 9.97. The molecule has 1 heterocycles. The smallest absolute Gasteiger partial charge is 0.251 e. The fourth-order valence-corrected chi connectivity index (χ4v) is 4.17. The number of nitrogens with zero attached hydrogens (tertiary/aromatic N) is 1. The van der Waals surface area contributed by atoms with Crippen LogP contribution in [0.4, 0.5) is 0 Å². The van der Waals surface area contributed by atoms with Crippen molar-refractivity contribution in [3.05, 3.63) is 70.8 Å². The summed E-state index contributed by atoms with van der Waals surface area (Å²) in [6, 6.07) is 15.1. The zero-order valence-electron chi connectivity index (χ0n) is 17.8. The van der Waals surface area contributed by atoms with Crippen LogP contribution in [0.25, 0.3) is 22.2 Å². The van der Waals surface area contributed by atoms with E-state index in [-0.39, 0.29) is 5.91 Å². The lowest BCUT2D eigenvalue weighted by molar-refractivity contribution is 0.0954. The van der Waals surface area contributed by atoms with E-state index >= 15 is 0 Å². The van der Waals surface area contributed by atoms with Crippen LogP contribution in [0.2, 0.25) is 5.02 Å². The van der Waals surface area contributed by atoms with Gasteiger partial charge in [-0.2, -0.15) is 0 Å². The van der Waals surface area contributed by atoms with Crippen LogP contribution in [-0.4, -0.2) is 24.0 Å². The molecule has 3 aromatic rings. The molecular weight excluding hydrogens is 408 g/mol. The zero-order chi connectivity index (χ0) is 21.6. The summed E-state index contributed by atoms with van der Waals surface area (Å²) in [5, 5.41) is 4.54. The number of amides is 1. The van der Waals surface area contributed by atoms with E-state index in [9.17, 15) is 4.79 Å². The number of hydrogen-bond donors (Lipinski definition) is 1. The molecule has 1 aliphatic carbocycles. The number of halogens is 1. The Morgan fingerprint density at radius 1 is 1.16 bits per heavy atom. The Hall–Kier alpha value is -2.85. The Morgan fingerprint density at radius 2 is 2.06 bits per heavy atom. The second-order valence-corrected chi connectivity index (χ2v) is 8.23. The Kier molecular flexibility index (Phi) is 6.88. The molecule has 0 saturated carbocycles. The second kappa shape index (κ2) is 9.97. The third-order valence-corrected chi connectivity index (χ3v) is 5.80. The first-order chi connectivity index (χ1) is 15.1. The third kappa shape index (κ3) is 5.26. The van der Waals surface area contributed by atoms with Gasteiger partial charge in [-0.3, -0.25) is 4.79 Å². The van der Waals surface area contributed by atoms with Gasteiger partial charge in [-0.1, -0.05) is 35.4 Å². The van der Waals surface area contributed by atoms with E-state index in [1.165, 1.54) is 24.8 Å². The summed E-state index contributed by atoms with van der Waals surface area (Å²) in [7, 11) is 0. The van der Waals surface area contributed by atoms with E-state index in [1.807, 2.05) is 55.5 Å². The topological polar surface area (TPSA) is 51.2 Å². The number of aromatic nitrogens is 1. The minimum Gasteiger partial charge on any atom is -0.493 e. The molecule has 0 fully saturated rings. The van der Waals surface area contributed by atoms with Gasteiger partial charge in [0.25, 0.3) is 5.91 Å². The first kappa shape index (κ1) is 21.4. The van der Waals surface area contributed by atoms with Crippen molar-refractivity contribution in [3.8, 4) is 17.0 Å². The van der Waals surface area contributed by atoms with Gasteiger partial charge in [-0.15, -0.1) is 0 Å². The maximum Gasteiger partial charge on any atom is 0.251 e. The van der Waals surface area contributed by atoms with Crippen LogP contribution >= 0.6 is 11.6 Å². The van der Waals surface area contributed by atoms with Crippen LogP contribution in [0, 0.1) is 0 Å². The number of carbonyl (C=O) groups excluding carboxylic acids is 1. The summed E-state index contributed by atoms with van der Waals surface area (Å²) >= 11 is 6.15. The fourth-order valence-electron chi connectivity index (χ4n) is 3.98. The van der Waals surface area contributed by atoms with E-state index in [0.29, 0.717) is 29.5 Å². The van der Waals surface area contributed by atoms with Crippen molar-refractivity contribution in [1.82, 2.24) is 10.3 Å². The predicted molar refractivity (Wildman–Crippen MR) is 127 cm³/mol. The molecule has 1 N–H and O–H groups in total. The lowest BCUT2D eigenvalue weighted by Crippen LogP contribution is -2.24. The Labute approximate surface area is 188 Å². The summed E-state index contributed by atoms with van der Waals surface area (Å²) in [6.45, 7) is 3.13. The van der Waals surface area contributed by atoms with Crippen LogP contribution in [0.3, 0.4) is 0 Å². The zero-order valence-corrected chi connectivity index (χ0v) is 18.5. The Bertz CT molecular complexity index is 1120. The van der Waals surface area contributed by atoms with Gasteiger partial charge in [0.2, 0.25) is 0 Å². The van der Waals surface area contributed by atoms with Crippen LogP contribution in [-0.2, 0) is 0 Å². The normalized spacial score (nSPS) is 13.7. The summed E-state index contributed by atoms with van der Waals surface area (Å²) in [5.74, 6) is 0.643. The van der Waals surface area contributed by atoms with Crippen LogP contribution < -0.4 is 10.1 Å². The molecule has 0 bridgehead atoms. The van der Waals surface area contributed by atoms with Gasteiger partial charge in [0.1, 0.15) is 5.75 Å². The molecule has 0 radical (unpaired) electrons. The molecule has 0 spiro atoms. The molecule has 0 saturated heterocycles. The summed E-state index contributed by atoms with van der Waals surface area (Å²) in [4.78, 5) is 17.5. The first-order valence-corrected chi connectivity index (χ1v) is 11.3. The van der Waals surface area contributed by atoms with E-state index < -0.39 is 0 Å². The van der Waals surface area contributed by atoms with Crippen molar-refractivity contribution < 1.29 is 9.53 Å². The monoisotopic (exact) mass is 434 g/mol. The minimum absolute atomic E-state index is 0.0697. The number of pyridine rings is 1.